The van der Waals surface area contributed by atoms with Crippen molar-refractivity contribution in [3.05, 3.63) is 99.5 Å². The monoisotopic (exact) mass is 473 g/mol. The highest BCUT2D eigenvalue weighted by Gasteiger charge is 2.29. The van der Waals surface area contributed by atoms with Crippen LogP contribution in [0.15, 0.2) is 77.7 Å². The van der Waals surface area contributed by atoms with Gasteiger partial charge in [-0.05, 0) is 66.9 Å². The van der Waals surface area contributed by atoms with Gasteiger partial charge in [0.15, 0.2) is 0 Å². The SMILES string of the molecule is CCc1ccc(N(C(=O)/C=C/c2ccc(Cl)c(Cl)c2)S(=O)(=O)c2ccc(C)cc2)cc1. The van der Waals surface area contributed by atoms with Crippen LogP contribution in [0.4, 0.5) is 5.69 Å². The molecule has 160 valence electrons. The van der Waals surface area contributed by atoms with E-state index in [0.717, 1.165) is 21.9 Å². The van der Waals surface area contributed by atoms with Crippen LogP contribution >= 0.6 is 23.2 Å². The van der Waals surface area contributed by atoms with E-state index in [1.807, 2.05) is 26.0 Å². The number of amides is 1. The van der Waals surface area contributed by atoms with Gasteiger partial charge in [0.2, 0.25) is 0 Å². The van der Waals surface area contributed by atoms with Gasteiger partial charge in [0.05, 0.1) is 20.6 Å². The van der Waals surface area contributed by atoms with E-state index in [2.05, 4.69) is 0 Å². The lowest BCUT2D eigenvalue weighted by Gasteiger charge is -2.22. The minimum absolute atomic E-state index is 0.0361. The van der Waals surface area contributed by atoms with Crippen molar-refractivity contribution in [1.29, 1.82) is 0 Å². The maximum absolute atomic E-state index is 13.4. The first kappa shape index (κ1) is 23.1. The third-order valence-electron chi connectivity index (χ3n) is 4.70. The zero-order chi connectivity index (χ0) is 22.6. The van der Waals surface area contributed by atoms with Gasteiger partial charge in [-0.1, -0.05) is 66.0 Å². The van der Waals surface area contributed by atoms with E-state index >= 15 is 0 Å². The van der Waals surface area contributed by atoms with Crippen molar-refractivity contribution in [2.45, 2.75) is 25.2 Å². The average molecular weight is 474 g/mol. The zero-order valence-corrected chi connectivity index (χ0v) is 19.4. The molecule has 0 heterocycles. The molecular weight excluding hydrogens is 453 g/mol. The van der Waals surface area contributed by atoms with Gasteiger partial charge in [0.1, 0.15) is 0 Å². The van der Waals surface area contributed by atoms with Crippen LogP contribution in [0.25, 0.3) is 6.08 Å². The number of anilines is 1. The van der Waals surface area contributed by atoms with Crippen LogP contribution in [0, 0.1) is 6.92 Å². The fourth-order valence-electron chi connectivity index (χ4n) is 2.92. The summed E-state index contributed by atoms with van der Waals surface area (Å²) in [7, 11) is -4.12. The van der Waals surface area contributed by atoms with Crippen molar-refractivity contribution in [3.8, 4) is 0 Å². The van der Waals surface area contributed by atoms with Crippen molar-refractivity contribution in [3.63, 3.8) is 0 Å². The molecule has 0 spiro atoms. The number of halogens is 2. The number of hydrogen-bond acceptors (Lipinski definition) is 3. The predicted molar refractivity (Wildman–Crippen MR) is 127 cm³/mol. The molecule has 0 radical (unpaired) electrons. The van der Waals surface area contributed by atoms with Gasteiger partial charge < -0.3 is 0 Å². The number of rotatable bonds is 6. The molecule has 0 fully saturated rings. The molecule has 1 amide bonds. The first-order valence-electron chi connectivity index (χ1n) is 9.60. The van der Waals surface area contributed by atoms with Crippen LogP contribution in [0.2, 0.25) is 10.0 Å². The fraction of sp³-hybridized carbons (Fsp3) is 0.125. The van der Waals surface area contributed by atoms with E-state index in [9.17, 15) is 13.2 Å². The molecule has 0 saturated carbocycles. The van der Waals surface area contributed by atoms with Gasteiger partial charge in [-0.2, -0.15) is 4.31 Å². The van der Waals surface area contributed by atoms with Gasteiger partial charge in [-0.25, -0.2) is 8.42 Å². The first-order valence-corrected chi connectivity index (χ1v) is 11.8. The highest BCUT2D eigenvalue weighted by Crippen LogP contribution is 2.26. The Hall–Kier alpha value is -2.60. The third kappa shape index (κ3) is 5.37. The molecule has 3 aromatic rings. The minimum atomic E-state index is -4.12. The summed E-state index contributed by atoms with van der Waals surface area (Å²) in [5.41, 5.74) is 2.84. The summed E-state index contributed by atoms with van der Waals surface area (Å²) in [6, 6.07) is 18.2. The number of carbonyl (C=O) groups excluding carboxylic acids is 1. The average Bonchev–Trinajstić information content (AvgIpc) is 2.75. The second-order valence-corrected chi connectivity index (χ2v) is 9.55. The normalized spacial score (nSPS) is 11.6. The maximum Gasteiger partial charge on any atom is 0.271 e. The largest absolute Gasteiger partial charge is 0.271 e. The molecule has 3 aromatic carbocycles. The topological polar surface area (TPSA) is 54.5 Å². The Morgan fingerprint density at radius 1 is 0.935 bits per heavy atom. The van der Waals surface area contributed by atoms with E-state index in [-0.39, 0.29) is 10.6 Å². The Labute approximate surface area is 192 Å². The summed E-state index contributed by atoms with van der Waals surface area (Å²) in [6.07, 6.45) is 3.51. The Kier molecular flexibility index (Phi) is 7.21. The Morgan fingerprint density at radius 2 is 1.58 bits per heavy atom. The summed E-state index contributed by atoms with van der Waals surface area (Å²) < 4.78 is 27.6. The van der Waals surface area contributed by atoms with Crippen LogP contribution in [0.5, 0.6) is 0 Å². The molecule has 0 aromatic heterocycles. The molecule has 3 rings (SSSR count). The molecule has 0 saturated heterocycles. The number of sulfonamides is 1. The molecule has 0 unspecified atom stereocenters. The van der Waals surface area contributed by atoms with E-state index in [0.29, 0.717) is 15.6 Å². The smallest absolute Gasteiger partial charge is 0.268 e. The maximum atomic E-state index is 13.4. The Morgan fingerprint density at radius 3 is 2.16 bits per heavy atom. The van der Waals surface area contributed by atoms with Crippen LogP contribution in [0.1, 0.15) is 23.6 Å². The van der Waals surface area contributed by atoms with Crippen LogP contribution in [-0.4, -0.2) is 14.3 Å². The summed E-state index contributed by atoms with van der Waals surface area (Å²) >= 11 is 12.0. The molecule has 0 bridgehead atoms. The molecule has 0 aliphatic rings. The molecule has 0 atom stereocenters. The molecule has 7 heteroatoms. The second-order valence-electron chi connectivity index (χ2n) is 6.95. The van der Waals surface area contributed by atoms with Crippen molar-refractivity contribution in [2.75, 3.05) is 4.31 Å². The van der Waals surface area contributed by atoms with Crippen molar-refractivity contribution in [1.82, 2.24) is 0 Å². The van der Waals surface area contributed by atoms with Gasteiger partial charge >= 0.3 is 0 Å². The summed E-state index contributed by atoms with van der Waals surface area (Å²) in [4.78, 5) is 13.1. The Balaban J connectivity index is 2.03. The molecule has 4 nitrogen and oxygen atoms in total. The van der Waals surface area contributed by atoms with Crippen LogP contribution in [-0.2, 0) is 21.2 Å². The number of nitrogens with zero attached hydrogens (tertiary/aromatic N) is 1. The van der Waals surface area contributed by atoms with Crippen LogP contribution < -0.4 is 4.31 Å². The van der Waals surface area contributed by atoms with Gasteiger partial charge in [0, 0.05) is 6.08 Å². The van der Waals surface area contributed by atoms with Crippen molar-refractivity contribution < 1.29 is 13.2 Å². The summed E-state index contributed by atoms with van der Waals surface area (Å²) in [5, 5.41) is 0.736. The molecule has 0 aliphatic heterocycles. The highest BCUT2D eigenvalue weighted by atomic mass is 35.5. The second kappa shape index (κ2) is 9.69. The number of carbonyl (C=O) groups is 1. The summed E-state index contributed by atoms with van der Waals surface area (Å²) in [6.45, 7) is 3.86. The van der Waals surface area contributed by atoms with E-state index in [4.69, 9.17) is 23.2 Å². The number of benzene rings is 3. The number of aryl methyl sites for hydroxylation is 2. The highest BCUT2D eigenvalue weighted by molar-refractivity contribution is 7.93. The molecule has 0 aliphatic carbocycles. The van der Waals surface area contributed by atoms with Crippen LogP contribution in [0.3, 0.4) is 0 Å². The van der Waals surface area contributed by atoms with Gasteiger partial charge in [-0.15, -0.1) is 0 Å². The lowest BCUT2D eigenvalue weighted by atomic mass is 10.1. The van der Waals surface area contributed by atoms with Gasteiger partial charge in [0.25, 0.3) is 15.9 Å². The fourth-order valence-corrected chi connectivity index (χ4v) is 4.61. The van der Waals surface area contributed by atoms with Gasteiger partial charge in [-0.3, -0.25) is 4.79 Å². The predicted octanol–water partition coefficient (Wildman–Crippen LogP) is 6.30. The molecule has 31 heavy (non-hydrogen) atoms. The zero-order valence-electron chi connectivity index (χ0n) is 17.0. The van der Waals surface area contributed by atoms with E-state index in [1.165, 1.54) is 24.3 Å². The lowest BCUT2D eigenvalue weighted by molar-refractivity contribution is -0.113. The van der Waals surface area contributed by atoms with Crippen molar-refractivity contribution in [2.24, 2.45) is 0 Å². The standard InChI is InChI=1S/C24H21Cl2NO3S/c1-3-18-6-10-20(11-7-18)27(31(29,30)21-12-4-17(2)5-13-21)24(28)15-9-19-8-14-22(25)23(26)16-19/h4-16H,3H2,1-2H3/b15-9+. The van der Waals surface area contributed by atoms with Crippen molar-refractivity contribution >= 4 is 50.9 Å². The minimum Gasteiger partial charge on any atom is -0.268 e. The third-order valence-corrected chi connectivity index (χ3v) is 7.18. The Bertz CT molecular complexity index is 1220. The lowest BCUT2D eigenvalue weighted by Crippen LogP contribution is -2.35. The first-order chi connectivity index (χ1) is 14.7. The molecular formula is C24H21Cl2NO3S. The molecule has 0 N–H and O–H groups in total. The number of hydrogen-bond donors (Lipinski definition) is 0. The quantitative estimate of drug-likeness (QED) is 0.394. The van der Waals surface area contributed by atoms with E-state index in [1.54, 1.807) is 42.5 Å². The van der Waals surface area contributed by atoms with E-state index < -0.39 is 15.9 Å². The summed E-state index contributed by atoms with van der Waals surface area (Å²) in [5.74, 6) is -0.698.